The van der Waals surface area contributed by atoms with Crippen molar-refractivity contribution in [1.82, 2.24) is 4.98 Å². The first-order valence-electron chi connectivity index (χ1n) is 7.18. The first-order valence-corrected chi connectivity index (χ1v) is 9.65. The van der Waals surface area contributed by atoms with Crippen LogP contribution in [0.25, 0.3) is 21.0 Å². The summed E-state index contributed by atoms with van der Waals surface area (Å²) in [7, 11) is -3.40. The monoisotopic (exact) mass is 339 g/mol. The zero-order chi connectivity index (χ0) is 15.9. The molecule has 23 heavy (non-hydrogen) atoms. The minimum absolute atomic E-state index is 0.0648. The summed E-state index contributed by atoms with van der Waals surface area (Å²) in [5, 5.41) is 2.59. The van der Waals surface area contributed by atoms with Gasteiger partial charge in [0.15, 0.2) is 9.84 Å². The Labute approximate surface area is 138 Å². The Hall–Kier alpha value is -2.24. The van der Waals surface area contributed by atoms with Gasteiger partial charge >= 0.3 is 0 Å². The van der Waals surface area contributed by atoms with Crippen LogP contribution in [-0.2, 0) is 15.6 Å². The molecule has 0 aliphatic heterocycles. The van der Waals surface area contributed by atoms with Crippen molar-refractivity contribution in [2.24, 2.45) is 0 Å². The number of sulfone groups is 1. The van der Waals surface area contributed by atoms with Crippen molar-refractivity contribution in [3.8, 4) is 0 Å². The van der Waals surface area contributed by atoms with Gasteiger partial charge in [-0.3, -0.25) is 0 Å². The van der Waals surface area contributed by atoms with Crippen LogP contribution in [0.3, 0.4) is 0 Å². The van der Waals surface area contributed by atoms with Gasteiger partial charge in [-0.05, 0) is 35.0 Å². The highest BCUT2D eigenvalue weighted by Crippen LogP contribution is 2.26. The predicted molar refractivity (Wildman–Crippen MR) is 94.5 cm³/mol. The molecule has 0 bridgehead atoms. The van der Waals surface area contributed by atoms with Crippen LogP contribution >= 0.6 is 11.3 Å². The lowest BCUT2D eigenvalue weighted by Gasteiger charge is -2.04. The van der Waals surface area contributed by atoms with Gasteiger partial charge in [0.2, 0.25) is 0 Å². The lowest BCUT2D eigenvalue weighted by atomic mass is 10.1. The average Bonchev–Trinajstić information content (AvgIpc) is 2.95. The Morgan fingerprint density at radius 3 is 2.43 bits per heavy atom. The Morgan fingerprint density at radius 2 is 1.61 bits per heavy atom. The van der Waals surface area contributed by atoms with Gasteiger partial charge in [-0.1, -0.05) is 42.5 Å². The molecule has 3 aromatic carbocycles. The van der Waals surface area contributed by atoms with Crippen LogP contribution in [0.15, 0.2) is 71.6 Å². The van der Waals surface area contributed by atoms with Crippen molar-refractivity contribution in [2.75, 3.05) is 0 Å². The van der Waals surface area contributed by atoms with Crippen molar-refractivity contribution in [1.29, 1.82) is 0 Å². The minimum Gasteiger partial charge on any atom is -0.240 e. The molecule has 5 heteroatoms. The normalized spacial score (nSPS) is 12.0. The Bertz CT molecular complexity index is 1080. The lowest BCUT2D eigenvalue weighted by molar-refractivity contribution is 0.595. The van der Waals surface area contributed by atoms with Crippen LogP contribution in [0.4, 0.5) is 0 Å². The Morgan fingerprint density at radius 1 is 0.870 bits per heavy atom. The lowest BCUT2D eigenvalue weighted by Crippen LogP contribution is -2.04. The molecule has 4 rings (SSSR count). The third kappa shape index (κ3) is 2.73. The van der Waals surface area contributed by atoms with E-state index in [1.807, 2.05) is 54.6 Å². The smallest absolute Gasteiger partial charge is 0.184 e. The zero-order valence-electron chi connectivity index (χ0n) is 12.1. The van der Waals surface area contributed by atoms with Crippen molar-refractivity contribution >= 4 is 42.2 Å². The van der Waals surface area contributed by atoms with E-state index >= 15 is 0 Å². The van der Waals surface area contributed by atoms with Gasteiger partial charge in [0.1, 0.15) is 10.8 Å². The van der Waals surface area contributed by atoms with Gasteiger partial charge in [0.05, 0.1) is 15.1 Å². The molecule has 4 aromatic rings. The van der Waals surface area contributed by atoms with Crippen LogP contribution in [-0.4, -0.2) is 13.4 Å². The van der Waals surface area contributed by atoms with E-state index in [-0.39, 0.29) is 5.75 Å². The summed E-state index contributed by atoms with van der Waals surface area (Å²) in [4.78, 5) is 4.77. The molecule has 1 aromatic heterocycles. The topological polar surface area (TPSA) is 47.0 Å². The van der Waals surface area contributed by atoms with Gasteiger partial charge in [-0.2, -0.15) is 0 Å². The largest absolute Gasteiger partial charge is 0.240 e. The van der Waals surface area contributed by atoms with Crippen LogP contribution in [0.5, 0.6) is 0 Å². The molecule has 0 N–H and O–H groups in total. The number of thiazole rings is 1. The fourth-order valence-corrected chi connectivity index (χ4v) is 5.19. The summed E-state index contributed by atoms with van der Waals surface area (Å²) >= 11 is 1.43. The molecule has 1 heterocycles. The zero-order valence-corrected chi connectivity index (χ0v) is 13.8. The fourth-order valence-electron chi connectivity index (χ4n) is 2.59. The highest BCUT2D eigenvalue weighted by molar-refractivity contribution is 7.90. The van der Waals surface area contributed by atoms with Crippen molar-refractivity contribution in [3.63, 3.8) is 0 Å². The summed E-state index contributed by atoms with van der Waals surface area (Å²) in [6.45, 7) is 0. The maximum Gasteiger partial charge on any atom is 0.184 e. The summed E-state index contributed by atoms with van der Waals surface area (Å²) < 4.78 is 26.4. The molecule has 0 fully saturated rings. The number of benzene rings is 3. The third-order valence-corrected chi connectivity index (χ3v) is 6.58. The van der Waals surface area contributed by atoms with Gasteiger partial charge in [-0.15, -0.1) is 11.3 Å². The molecule has 114 valence electrons. The number of fused-ring (bicyclic) bond motifs is 2. The quantitative estimate of drug-likeness (QED) is 0.555. The van der Waals surface area contributed by atoms with Gasteiger partial charge in [-0.25, -0.2) is 13.4 Å². The average molecular weight is 339 g/mol. The summed E-state index contributed by atoms with van der Waals surface area (Å²) in [5.41, 5.74) is 0.848. The van der Waals surface area contributed by atoms with Gasteiger partial charge in [0.25, 0.3) is 0 Å². The predicted octanol–water partition coefficient (Wildman–Crippen LogP) is 4.42. The van der Waals surface area contributed by atoms with Crippen molar-refractivity contribution in [3.05, 3.63) is 71.7 Å². The van der Waals surface area contributed by atoms with Crippen LogP contribution in [0.2, 0.25) is 0 Å². The van der Waals surface area contributed by atoms with Gasteiger partial charge in [0, 0.05) is 0 Å². The SMILES string of the molecule is O=S(=O)(Cc1nc2ccccc2s1)c1ccc2ccccc2c1. The second-order valence-electron chi connectivity index (χ2n) is 5.34. The van der Waals surface area contributed by atoms with Crippen LogP contribution in [0, 0.1) is 0 Å². The molecule has 0 aliphatic carbocycles. The Kier molecular flexibility index (Phi) is 3.39. The minimum atomic E-state index is -3.40. The van der Waals surface area contributed by atoms with Crippen LogP contribution in [0.1, 0.15) is 5.01 Å². The molecule has 0 radical (unpaired) electrons. The van der Waals surface area contributed by atoms with E-state index in [1.54, 1.807) is 12.1 Å². The van der Waals surface area contributed by atoms with E-state index in [0.717, 1.165) is 21.0 Å². The Balaban J connectivity index is 1.73. The fraction of sp³-hybridized carbons (Fsp3) is 0.0556. The molecule has 0 atom stereocenters. The highest BCUT2D eigenvalue weighted by Gasteiger charge is 2.18. The van der Waals surface area contributed by atoms with E-state index in [1.165, 1.54) is 11.3 Å². The molecule has 0 amide bonds. The van der Waals surface area contributed by atoms with E-state index in [2.05, 4.69) is 4.98 Å². The van der Waals surface area contributed by atoms with E-state index in [0.29, 0.717) is 9.90 Å². The number of hydrogen-bond donors (Lipinski definition) is 0. The van der Waals surface area contributed by atoms with Crippen LogP contribution < -0.4 is 0 Å². The summed E-state index contributed by atoms with van der Waals surface area (Å²) in [6, 6.07) is 20.7. The van der Waals surface area contributed by atoms with E-state index in [4.69, 9.17) is 0 Å². The molecular weight excluding hydrogens is 326 g/mol. The number of aromatic nitrogens is 1. The molecule has 0 aliphatic rings. The van der Waals surface area contributed by atoms with Gasteiger partial charge < -0.3 is 0 Å². The van der Waals surface area contributed by atoms with E-state index in [9.17, 15) is 8.42 Å². The van der Waals surface area contributed by atoms with Crippen molar-refractivity contribution in [2.45, 2.75) is 10.6 Å². The van der Waals surface area contributed by atoms with Crippen molar-refractivity contribution < 1.29 is 8.42 Å². The maximum atomic E-state index is 12.7. The molecule has 0 saturated heterocycles. The third-order valence-electron chi connectivity index (χ3n) is 3.73. The molecule has 0 saturated carbocycles. The van der Waals surface area contributed by atoms with E-state index < -0.39 is 9.84 Å². The summed E-state index contributed by atoms with van der Waals surface area (Å²) in [6.07, 6.45) is 0. The second kappa shape index (κ2) is 5.44. The summed E-state index contributed by atoms with van der Waals surface area (Å²) in [5.74, 6) is -0.0648. The first-order chi connectivity index (χ1) is 11.1. The highest BCUT2D eigenvalue weighted by atomic mass is 32.2. The standard InChI is InChI=1S/C18H13NO2S2/c20-23(21,12-18-19-16-7-3-4-8-17(16)22-18)15-10-9-13-5-1-2-6-14(13)11-15/h1-11H,12H2. The molecule has 3 nitrogen and oxygen atoms in total. The number of nitrogens with zero attached hydrogens (tertiary/aromatic N) is 1. The number of rotatable bonds is 3. The first kappa shape index (κ1) is 14.4. The molecule has 0 spiro atoms. The maximum absolute atomic E-state index is 12.7. The second-order valence-corrected chi connectivity index (χ2v) is 8.45. The molecule has 0 unspecified atom stereocenters. The number of para-hydroxylation sites is 1. The number of hydrogen-bond acceptors (Lipinski definition) is 4. The molecular formula is C18H13NO2S2.